The number of nitrogens with zero attached hydrogens (tertiary/aromatic N) is 3. The van der Waals surface area contributed by atoms with E-state index in [-0.39, 0.29) is 0 Å². The highest BCUT2D eigenvalue weighted by atomic mass is 35.5. The Morgan fingerprint density at radius 1 is 1.06 bits per heavy atom. The van der Waals surface area contributed by atoms with E-state index in [9.17, 15) is 0 Å². The Morgan fingerprint density at radius 2 is 1.88 bits per heavy atom. The Labute approximate surface area is 104 Å². The third-order valence-electron chi connectivity index (χ3n) is 2.62. The summed E-state index contributed by atoms with van der Waals surface area (Å²) in [7, 11) is 0. The summed E-state index contributed by atoms with van der Waals surface area (Å²) in [6, 6.07) is 13.8. The van der Waals surface area contributed by atoms with Crippen molar-refractivity contribution in [3.05, 3.63) is 54.5 Å². The number of halogens is 1. The van der Waals surface area contributed by atoms with Gasteiger partial charge in [-0.05, 0) is 24.3 Å². The van der Waals surface area contributed by atoms with Crippen LogP contribution in [0.15, 0.2) is 48.7 Å². The molecule has 4 heteroatoms. The molecule has 0 aliphatic carbocycles. The Bertz CT molecular complexity index is 646. The van der Waals surface area contributed by atoms with Crippen LogP contribution in [-0.2, 0) is 5.88 Å². The van der Waals surface area contributed by atoms with Crippen molar-refractivity contribution < 1.29 is 0 Å². The van der Waals surface area contributed by atoms with Crippen molar-refractivity contribution in [1.82, 2.24) is 14.5 Å². The predicted molar refractivity (Wildman–Crippen MR) is 68.4 cm³/mol. The van der Waals surface area contributed by atoms with Gasteiger partial charge in [-0.25, -0.2) is 9.97 Å². The summed E-state index contributed by atoms with van der Waals surface area (Å²) < 4.78 is 1.99. The van der Waals surface area contributed by atoms with Crippen molar-refractivity contribution in [2.75, 3.05) is 0 Å². The molecule has 3 aromatic rings. The van der Waals surface area contributed by atoms with Crippen LogP contribution < -0.4 is 0 Å². The van der Waals surface area contributed by atoms with E-state index in [0.29, 0.717) is 5.88 Å². The lowest BCUT2D eigenvalue weighted by molar-refractivity contribution is 0.970. The van der Waals surface area contributed by atoms with Gasteiger partial charge in [-0.15, -0.1) is 11.6 Å². The average molecular weight is 244 g/mol. The molecule has 0 amide bonds. The molecule has 3 rings (SSSR count). The summed E-state index contributed by atoms with van der Waals surface area (Å²) >= 11 is 5.94. The third-order valence-corrected chi connectivity index (χ3v) is 2.86. The highest BCUT2D eigenvalue weighted by Gasteiger charge is 2.11. The van der Waals surface area contributed by atoms with Crippen LogP contribution in [0.1, 0.15) is 5.82 Å². The standard InChI is InChI=1S/C13H10ClN3/c14-9-12-16-11-7-4-8-15-13(11)17(12)10-5-2-1-3-6-10/h1-8H,9H2. The predicted octanol–water partition coefficient (Wildman–Crippen LogP) is 3.16. The summed E-state index contributed by atoms with van der Waals surface area (Å²) in [5.41, 5.74) is 2.74. The molecular formula is C13H10ClN3. The number of hydrogen-bond acceptors (Lipinski definition) is 2. The summed E-state index contributed by atoms with van der Waals surface area (Å²) in [5, 5.41) is 0. The molecule has 0 saturated carbocycles. The topological polar surface area (TPSA) is 30.7 Å². The maximum Gasteiger partial charge on any atom is 0.164 e. The fourth-order valence-electron chi connectivity index (χ4n) is 1.90. The largest absolute Gasteiger partial charge is 0.280 e. The van der Waals surface area contributed by atoms with E-state index >= 15 is 0 Å². The van der Waals surface area contributed by atoms with Gasteiger partial charge in [-0.2, -0.15) is 0 Å². The van der Waals surface area contributed by atoms with Crippen molar-refractivity contribution >= 4 is 22.8 Å². The lowest BCUT2D eigenvalue weighted by atomic mass is 10.3. The molecule has 0 aliphatic heterocycles. The van der Waals surface area contributed by atoms with Gasteiger partial charge in [0.15, 0.2) is 5.65 Å². The molecule has 0 radical (unpaired) electrons. The molecule has 2 heterocycles. The lowest BCUT2D eigenvalue weighted by Gasteiger charge is -2.06. The van der Waals surface area contributed by atoms with E-state index < -0.39 is 0 Å². The van der Waals surface area contributed by atoms with Gasteiger partial charge in [-0.1, -0.05) is 18.2 Å². The molecule has 0 unspecified atom stereocenters. The number of fused-ring (bicyclic) bond motifs is 1. The van der Waals surface area contributed by atoms with Crippen LogP contribution in [0.25, 0.3) is 16.9 Å². The molecule has 0 aliphatic rings. The minimum absolute atomic E-state index is 0.366. The third kappa shape index (κ3) is 1.68. The Hall–Kier alpha value is -1.87. The number of benzene rings is 1. The van der Waals surface area contributed by atoms with Crippen molar-refractivity contribution in [2.45, 2.75) is 5.88 Å². The smallest absolute Gasteiger partial charge is 0.164 e. The van der Waals surface area contributed by atoms with Crippen LogP contribution >= 0.6 is 11.6 Å². The molecule has 1 aromatic carbocycles. The lowest BCUT2D eigenvalue weighted by Crippen LogP contribution is -1.99. The SMILES string of the molecule is ClCc1nc2cccnc2n1-c1ccccc1. The number of imidazole rings is 1. The first-order valence-corrected chi connectivity index (χ1v) is 5.87. The minimum atomic E-state index is 0.366. The minimum Gasteiger partial charge on any atom is -0.280 e. The van der Waals surface area contributed by atoms with Gasteiger partial charge in [0.25, 0.3) is 0 Å². The fraction of sp³-hybridized carbons (Fsp3) is 0.0769. The van der Waals surface area contributed by atoms with Gasteiger partial charge in [0.05, 0.1) is 5.88 Å². The number of hydrogen-bond donors (Lipinski definition) is 0. The molecule has 0 bridgehead atoms. The van der Waals surface area contributed by atoms with Gasteiger partial charge in [0.2, 0.25) is 0 Å². The van der Waals surface area contributed by atoms with Gasteiger partial charge >= 0.3 is 0 Å². The first kappa shape index (κ1) is 10.3. The number of rotatable bonds is 2. The van der Waals surface area contributed by atoms with E-state index in [1.165, 1.54) is 0 Å². The first-order valence-electron chi connectivity index (χ1n) is 5.34. The summed E-state index contributed by atoms with van der Waals surface area (Å²) in [6.07, 6.45) is 1.77. The first-order chi connectivity index (χ1) is 8.40. The van der Waals surface area contributed by atoms with Crippen molar-refractivity contribution in [3.8, 4) is 5.69 Å². The summed E-state index contributed by atoms with van der Waals surface area (Å²) in [5.74, 6) is 1.18. The Morgan fingerprint density at radius 3 is 2.65 bits per heavy atom. The number of para-hydroxylation sites is 1. The maximum absolute atomic E-state index is 5.94. The highest BCUT2D eigenvalue weighted by molar-refractivity contribution is 6.16. The second-order valence-electron chi connectivity index (χ2n) is 3.68. The van der Waals surface area contributed by atoms with E-state index in [2.05, 4.69) is 9.97 Å². The number of pyridine rings is 1. The van der Waals surface area contributed by atoms with Crippen molar-refractivity contribution in [1.29, 1.82) is 0 Å². The second-order valence-corrected chi connectivity index (χ2v) is 3.95. The van der Waals surface area contributed by atoms with Gasteiger partial charge in [-0.3, -0.25) is 4.57 Å². The average Bonchev–Trinajstić information content (AvgIpc) is 2.78. The molecule has 3 nitrogen and oxygen atoms in total. The molecule has 0 saturated heterocycles. The second kappa shape index (κ2) is 4.18. The van der Waals surface area contributed by atoms with Crippen LogP contribution in [0.5, 0.6) is 0 Å². The van der Waals surface area contributed by atoms with Crippen LogP contribution in [0, 0.1) is 0 Å². The van der Waals surface area contributed by atoms with Crippen LogP contribution in [0.3, 0.4) is 0 Å². The molecule has 84 valence electrons. The maximum atomic E-state index is 5.94. The van der Waals surface area contributed by atoms with Gasteiger partial charge < -0.3 is 0 Å². The van der Waals surface area contributed by atoms with Gasteiger partial charge in [0.1, 0.15) is 11.3 Å². The molecule has 0 atom stereocenters. The van der Waals surface area contributed by atoms with Crippen LogP contribution in [-0.4, -0.2) is 14.5 Å². The quantitative estimate of drug-likeness (QED) is 0.648. The summed E-state index contributed by atoms with van der Waals surface area (Å²) in [6.45, 7) is 0. The van der Waals surface area contributed by atoms with E-state index in [1.807, 2.05) is 47.0 Å². The molecule has 2 aromatic heterocycles. The van der Waals surface area contributed by atoms with Crippen molar-refractivity contribution in [2.24, 2.45) is 0 Å². The Balaban J connectivity index is 2.34. The Kier molecular flexibility index (Phi) is 2.53. The summed E-state index contributed by atoms with van der Waals surface area (Å²) in [4.78, 5) is 8.84. The number of aromatic nitrogens is 3. The molecular weight excluding hydrogens is 234 g/mol. The zero-order valence-corrected chi connectivity index (χ0v) is 9.80. The monoisotopic (exact) mass is 243 g/mol. The zero-order chi connectivity index (χ0) is 11.7. The normalized spacial score (nSPS) is 10.9. The van der Waals surface area contributed by atoms with Crippen molar-refractivity contribution in [3.63, 3.8) is 0 Å². The van der Waals surface area contributed by atoms with Crippen LogP contribution in [0.2, 0.25) is 0 Å². The highest BCUT2D eigenvalue weighted by Crippen LogP contribution is 2.20. The molecule has 17 heavy (non-hydrogen) atoms. The molecule has 0 fully saturated rings. The van der Waals surface area contributed by atoms with E-state index in [0.717, 1.165) is 22.7 Å². The fourth-order valence-corrected chi connectivity index (χ4v) is 2.08. The van der Waals surface area contributed by atoms with Gasteiger partial charge in [0, 0.05) is 11.9 Å². The van der Waals surface area contributed by atoms with Crippen LogP contribution in [0.4, 0.5) is 0 Å². The van der Waals surface area contributed by atoms with E-state index in [4.69, 9.17) is 11.6 Å². The molecule has 0 spiro atoms. The number of alkyl halides is 1. The molecule has 0 N–H and O–H groups in total. The zero-order valence-electron chi connectivity index (χ0n) is 9.05. The van der Waals surface area contributed by atoms with E-state index in [1.54, 1.807) is 6.20 Å².